The molecular weight excluding hydrogens is 350 g/mol. The van der Waals surface area contributed by atoms with Gasteiger partial charge in [-0.15, -0.1) is 0 Å². The molecule has 1 N–H and O–H groups in total. The van der Waals surface area contributed by atoms with Crippen LogP contribution in [-0.2, 0) is 11.3 Å². The van der Waals surface area contributed by atoms with Crippen molar-refractivity contribution >= 4 is 11.6 Å². The van der Waals surface area contributed by atoms with Crippen LogP contribution in [-0.4, -0.2) is 45.0 Å². The monoisotopic (exact) mass is 375 g/mol. The molecule has 0 spiro atoms. The molecular formula is C22H25N5O. The second kappa shape index (κ2) is 8.80. The Morgan fingerprint density at radius 1 is 1.07 bits per heavy atom. The SMILES string of the molecule is O=C(CN1CCC(Cn2ccnc2-c2ccccc2)CC1)Nc1cccnc1. The quantitative estimate of drug-likeness (QED) is 0.718. The lowest BCUT2D eigenvalue weighted by Crippen LogP contribution is -2.40. The van der Waals surface area contributed by atoms with Crippen LogP contribution in [0.5, 0.6) is 0 Å². The fraction of sp³-hybridized carbons (Fsp3) is 0.318. The van der Waals surface area contributed by atoms with Crippen LogP contribution < -0.4 is 5.32 Å². The van der Waals surface area contributed by atoms with E-state index in [4.69, 9.17) is 0 Å². The number of pyridine rings is 1. The van der Waals surface area contributed by atoms with Gasteiger partial charge in [0.25, 0.3) is 0 Å². The molecule has 1 aromatic carbocycles. The first-order valence-electron chi connectivity index (χ1n) is 9.77. The molecule has 6 heteroatoms. The molecule has 3 heterocycles. The molecule has 0 bridgehead atoms. The van der Waals surface area contributed by atoms with Gasteiger partial charge in [-0.1, -0.05) is 30.3 Å². The van der Waals surface area contributed by atoms with Gasteiger partial charge in [-0.05, 0) is 44.0 Å². The highest BCUT2D eigenvalue weighted by atomic mass is 16.2. The molecule has 0 aliphatic carbocycles. The summed E-state index contributed by atoms with van der Waals surface area (Å²) in [6.45, 7) is 3.29. The number of piperidine rings is 1. The number of nitrogens with zero attached hydrogens (tertiary/aromatic N) is 4. The molecule has 3 aromatic rings. The summed E-state index contributed by atoms with van der Waals surface area (Å²) < 4.78 is 2.25. The summed E-state index contributed by atoms with van der Waals surface area (Å²) in [5, 5.41) is 2.91. The van der Waals surface area contributed by atoms with Gasteiger partial charge in [-0.2, -0.15) is 0 Å². The third-order valence-electron chi connectivity index (χ3n) is 5.22. The first kappa shape index (κ1) is 18.4. The number of hydrogen-bond acceptors (Lipinski definition) is 4. The zero-order chi connectivity index (χ0) is 19.2. The average Bonchev–Trinajstić information content (AvgIpc) is 3.19. The van der Waals surface area contributed by atoms with Crippen molar-refractivity contribution in [2.24, 2.45) is 5.92 Å². The molecule has 0 radical (unpaired) electrons. The van der Waals surface area contributed by atoms with Crippen molar-refractivity contribution < 1.29 is 4.79 Å². The van der Waals surface area contributed by atoms with Crippen molar-refractivity contribution in [2.75, 3.05) is 25.0 Å². The van der Waals surface area contributed by atoms with Crippen LogP contribution >= 0.6 is 0 Å². The second-order valence-electron chi connectivity index (χ2n) is 7.28. The minimum Gasteiger partial charge on any atom is -0.331 e. The van der Waals surface area contributed by atoms with Crippen molar-refractivity contribution in [3.05, 3.63) is 67.3 Å². The topological polar surface area (TPSA) is 63.1 Å². The highest BCUT2D eigenvalue weighted by Crippen LogP contribution is 2.23. The maximum absolute atomic E-state index is 12.2. The number of amides is 1. The summed E-state index contributed by atoms with van der Waals surface area (Å²) in [5.74, 6) is 1.65. The van der Waals surface area contributed by atoms with E-state index in [0.717, 1.165) is 49.6 Å². The van der Waals surface area contributed by atoms with Crippen molar-refractivity contribution in [3.8, 4) is 11.4 Å². The molecule has 6 nitrogen and oxygen atoms in total. The van der Waals surface area contributed by atoms with E-state index in [1.165, 1.54) is 0 Å². The number of likely N-dealkylation sites (tertiary alicyclic amines) is 1. The second-order valence-corrected chi connectivity index (χ2v) is 7.28. The van der Waals surface area contributed by atoms with Crippen LogP contribution in [0, 0.1) is 5.92 Å². The molecule has 1 aliphatic heterocycles. The minimum atomic E-state index is 0.0208. The Bertz CT molecular complexity index is 886. The molecule has 1 fully saturated rings. The van der Waals surface area contributed by atoms with Crippen molar-refractivity contribution in [2.45, 2.75) is 19.4 Å². The van der Waals surface area contributed by atoms with Crippen LogP contribution in [0.2, 0.25) is 0 Å². The summed E-state index contributed by atoms with van der Waals surface area (Å²) in [7, 11) is 0. The molecule has 4 rings (SSSR count). The Morgan fingerprint density at radius 3 is 2.64 bits per heavy atom. The number of benzene rings is 1. The van der Waals surface area contributed by atoms with Crippen LogP contribution in [0.4, 0.5) is 5.69 Å². The Labute approximate surface area is 165 Å². The number of carbonyl (C=O) groups excluding carboxylic acids is 1. The van der Waals surface area contributed by atoms with Crippen LogP contribution in [0.25, 0.3) is 11.4 Å². The molecule has 1 amide bonds. The lowest BCUT2D eigenvalue weighted by Gasteiger charge is -2.31. The maximum atomic E-state index is 12.2. The summed E-state index contributed by atoms with van der Waals surface area (Å²) >= 11 is 0. The number of hydrogen-bond donors (Lipinski definition) is 1. The lowest BCUT2D eigenvalue weighted by atomic mass is 9.96. The number of aromatic nitrogens is 3. The van der Waals surface area contributed by atoms with Gasteiger partial charge in [0.05, 0.1) is 18.4 Å². The van der Waals surface area contributed by atoms with Gasteiger partial charge < -0.3 is 9.88 Å². The summed E-state index contributed by atoms with van der Waals surface area (Å²) in [6.07, 6.45) is 9.49. The fourth-order valence-electron chi connectivity index (χ4n) is 3.75. The van der Waals surface area contributed by atoms with Crippen LogP contribution in [0.15, 0.2) is 67.3 Å². The largest absolute Gasteiger partial charge is 0.331 e. The van der Waals surface area contributed by atoms with Crippen molar-refractivity contribution in [1.29, 1.82) is 0 Å². The molecule has 28 heavy (non-hydrogen) atoms. The number of rotatable bonds is 6. The van der Waals surface area contributed by atoms with E-state index in [9.17, 15) is 4.79 Å². The summed E-state index contributed by atoms with van der Waals surface area (Å²) in [6, 6.07) is 14.0. The predicted octanol–water partition coefficient (Wildman–Crippen LogP) is 3.30. The van der Waals surface area contributed by atoms with Crippen LogP contribution in [0.1, 0.15) is 12.8 Å². The Balaban J connectivity index is 1.27. The van der Waals surface area contributed by atoms with Gasteiger partial charge in [0.15, 0.2) is 0 Å². The fourth-order valence-corrected chi connectivity index (χ4v) is 3.75. The third kappa shape index (κ3) is 4.64. The number of carbonyl (C=O) groups is 1. The van der Waals surface area contributed by atoms with Gasteiger partial charge >= 0.3 is 0 Å². The minimum absolute atomic E-state index is 0.0208. The number of imidazole rings is 1. The number of anilines is 1. The molecule has 1 aliphatic rings. The van der Waals surface area contributed by atoms with Gasteiger partial charge in [-0.25, -0.2) is 4.98 Å². The smallest absolute Gasteiger partial charge is 0.238 e. The molecule has 1 saturated heterocycles. The molecule has 144 valence electrons. The molecule has 0 atom stereocenters. The molecule has 0 saturated carbocycles. The first-order valence-corrected chi connectivity index (χ1v) is 9.77. The Morgan fingerprint density at radius 2 is 1.89 bits per heavy atom. The standard InChI is InChI=1S/C22H25N5O/c28-21(25-20-7-4-10-23-15-20)17-26-12-8-18(9-13-26)16-27-14-11-24-22(27)19-5-2-1-3-6-19/h1-7,10-11,14-15,18H,8-9,12-13,16-17H2,(H,25,28). The molecule has 0 unspecified atom stereocenters. The van der Waals surface area contributed by atoms with Crippen molar-refractivity contribution in [3.63, 3.8) is 0 Å². The lowest BCUT2D eigenvalue weighted by molar-refractivity contribution is -0.117. The summed E-state index contributed by atoms with van der Waals surface area (Å²) in [5.41, 5.74) is 1.90. The van der Waals surface area contributed by atoms with E-state index in [0.29, 0.717) is 12.5 Å². The first-order chi connectivity index (χ1) is 13.8. The van der Waals surface area contributed by atoms with Gasteiger partial charge in [0, 0.05) is 30.7 Å². The predicted molar refractivity (Wildman–Crippen MR) is 110 cm³/mol. The Kier molecular flexibility index (Phi) is 5.77. The zero-order valence-electron chi connectivity index (χ0n) is 15.9. The Hall–Kier alpha value is -2.99. The van der Waals surface area contributed by atoms with E-state index in [-0.39, 0.29) is 5.91 Å². The van der Waals surface area contributed by atoms with E-state index in [1.54, 1.807) is 12.4 Å². The van der Waals surface area contributed by atoms with Gasteiger partial charge in [0.1, 0.15) is 5.82 Å². The van der Waals surface area contributed by atoms with E-state index >= 15 is 0 Å². The third-order valence-corrected chi connectivity index (χ3v) is 5.22. The summed E-state index contributed by atoms with van der Waals surface area (Å²) in [4.78, 5) is 23.0. The van der Waals surface area contributed by atoms with Gasteiger partial charge in [0.2, 0.25) is 5.91 Å². The van der Waals surface area contributed by atoms with Crippen LogP contribution in [0.3, 0.4) is 0 Å². The normalized spacial score (nSPS) is 15.4. The molecule has 2 aromatic heterocycles. The zero-order valence-corrected chi connectivity index (χ0v) is 15.9. The van der Waals surface area contributed by atoms with E-state index < -0.39 is 0 Å². The number of nitrogens with one attached hydrogen (secondary N) is 1. The maximum Gasteiger partial charge on any atom is 0.238 e. The van der Waals surface area contributed by atoms with E-state index in [1.807, 2.05) is 36.5 Å². The highest BCUT2D eigenvalue weighted by molar-refractivity contribution is 5.92. The van der Waals surface area contributed by atoms with E-state index in [2.05, 4.69) is 43.1 Å². The van der Waals surface area contributed by atoms with Gasteiger partial charge in [-0.3, -0.25) is 14.7 Å². The van der Waals surface area contributed by atoms with Crippen molar-refractivity contribution in [1.82, 2.24) is 19.4 Å². The average molecular weight is 375 g/mol. The highest BCUT2D eigenvalue weighted by Gasteiger charge is 2.22.